The van der Waals surface area contributed by atoms with Crippen molar-refractivity contribution in [1.29, 1.82) is 0 Å². The Kier molecular flexibility index (Phi) is 1.77. The number of anilines is 1. The Hall–Kier alpha value is -1.77. The topological polar surface area (TPSA) is 52.0 Å². The SMILES string of the molecule is Cc1ccc(N)cc1-c1cnco1. The second-order valence-corrected chi connectivity index (χ2v) is 2.94. The quantitative estimate of drug-likeness (QED) is 0.674. The molecule has 2 aromatic rings. The average molecular weight is 174 g/mol. The fourth-order valence-corrected chi connectivity index (χ4v) is 1.25. The first kappa shape index (κ1) is 7.86. The third kappa shape index (κ3) is 1.40. The number of benzene rings is 1. The zero-order valence-electron chi connectivity index (χ0n) is 7.32. The molecule has 1 aromatic heterocycles. The summed E-state index contributed by atoms with van der Waals surface area (Å²) in [7, 11) is 0. The van der Waals surface area contributed by atoms with Crippen molar-refractivity contribution >= 4 is 5.69 Å². The Balaban J connectivity index is 2.57. The molecule has 0 aliphatic heterocycles. The average Bonchev–Trinajstić information content (AvgIpc) is 2.61. The molecule has 1 aromatic carbocycles. The van der Waals surface area contributed by atoms with E-state index < -0.39 is 0 Å². The number of nitrogens with two attached hydrogens (primary N) is 1. The highest BCUT2D eigenvalue weighted by Gasteiger charge is 2.04. The van der Waals surface area contributed by atoms with Gasteiger partial charge in [0.1, 0.15) is 0 Å². The molecule has 0 radical (unpaired) electrons. The number of nitrogen functional groups attached to an aromatic ring is 1. The molecule has 66 valence electrons. The summed E-state index contributed by atoms with van der Waals surface area (Å²) < 4.78 is 5.19. The van der Waals surface area contributed by atoms with Gasteiger partial charge in [0.25, 0.3) is 0 Å². The van der Waals surface area contributed by atoms with Gasteiger partial charge in [0, 0.05) is 11.3 Å². The van der Waals surface area contributed by atoms with Crippen LogP contribution in [0.1, 0.15) is 5.56 Å². The second kappa shape index (κ2) is 2.94. The van der Waals surface area contributed by atoms with Crippen molar-refractivity contribution in [3.8, 4) is 11.3 Å². The Morgan fingerprint density at radius 2 is 2.23 bits per heavy atom. The van der Waals surface area contributed by atoms with Crippen LogP contribution in [0.4, 0.5) is 5.69 Å². The first-order valence-corrected chi connectivity index (χ1v) is 4.02. The molecule has 0 amide bonds. The number of hydrogen-bond donors (Lipinski definition) is 1. The molecule has 0 atom stereocenters. The zero-order valence-corrected chi connectivity index (χ0v) is 7.32. The molecule has 0 bridgehead atoms. The molecule has 0 unspecified atom stereocenters. The standard InChI is InChI=1S/C10H10N2O/c1-7-2-3-8(11)4-9(7)10-5-12-6-13-10/h2-6H,11H2,1H3. The third-order valence-electron chi connectivity index (χ3n) is 1.96. The molecule has 0 saturated carbocycles. The minimum Gasteiger partial charge on any atom is -0.444 e. The number of rotatable bonds is 1. The van der Waals surface area contributed by atoms with Crippen LogP contribution >= 0.6 is 0 Å². The highest BCUT2D eigenvalue weighted by molar-refractivity contribution is 5.65. The Morgan fingerprint density at radius 3 is 2.92 bits per heavy atom. The van der Waals surface area contributed by atoms with Gasteiger partial charge < -0.3 is 10.2 Å². The van der Waals surface area contributed by atoms with E-state index in [0.29, 0.717) is 0 Å². The predicted molar refractivity (Wildman–Crippen MR) is 51.1 cm³/mol. The lowest BCUT2D eigenvalue weighted by molar-refractivity contribution is 0.571. The molecular weight excluding hydrogens is 164 g/mol. The molecule has 1 heterocycles. The van der Waals surface area contributed by atoms with E-state index in [-0.39, 0.29) is 0 Å². The lowest BCUT2D eigenvalue weighted by Gasteiger charge is -2.02. The number of aromatic nitrogens is 1. The van der Waals surface area contributed by atoms with Crippen LogP contribution in [0.3, 0.4) is 0 Å². The molecule has 3 heteroatoms. The van der Waals surface area contributed by atoms with Crippen LogP contribution in [0.15, 0.2) is 35.2 Å². The van der Waals surface area contributed by atoms with Gasteiger partial charge in [-0.05, 0) is 24.6 Å². The smallest absolute Gasteiger partial charge is 0.181 e. The maximum absolute atomic E-state index is 5.67. The van der Waals surface area contributed by atoms with Gasteiger partial charge in [-0.25, -0.2) is 4.98 Å². The summed E-state index contributed by atoms with van der Waals surface area (Å²) in [5, 5.41) is 0. The van der Waals surface area contributed by atoms with Gasteiger partial charge in [0.2, 0.25) is 0 Å². The third-order valence-corrected chi connectivity index (χ3v) is 1.96. The van der Waals surface area contributed by atoms with Crippen molar-refractivity contribution in [3.05, 3.63) is 36.4 Å². The van der Waals surface area contributed by atoms with E-state index in [2.05, 4.69) is 4.98 Å². The van der Waals surface area contributed by atoms with Gasteiger partial charge in [-0.1, -0.05) is 6.07 Å². The van der Waals surface area contributed by atoms with Gasteiger partial charge in [0.05, 0.1) is 6.20 Å². The summed E-state index contributed by atoms with van der Waals surface area (Å²) in [5.41, 5.74) is 8.53. The highest BCUT2D eigenvalue weighted by Crippen LogP contribution is 2.24. The summed E-state index contributed by atoms with van der Waals surface area (Å²) in [5.74, 6) is 0.754. The van der Waals surface area contributed by atoms with E-state index in [4.69, 9.17) is 10.2 Å². The van der Waals surface area contributed by atoms with Crippen LogP contribution in [0.5, 0.6) is 0 Å². The fourth-order valence-electron chi connectivity index (χ4n) is 1.25. The van der Waals surface area contributed by atoms with Crippen molar-refractivity contribution in [2.45, 2.75) is 6.92 Å². The van der Waals surface area contributed by atoms with E-state index in [9.17, 15) is 0 Å². The molecule has 0 spiro atoms. The van der Waals surface area contributed by atoms with Crippen molar-refractivity contribution in [2.24, 2.45) is 0 Å². The Labute approximate surface area is 76.2 Å². The predicted octanol–water partition coefficient (Wildman–Crippen LogP) is 2.23. The maximum Gasteiger partial charge on any atom is 0.181 e. The molecular formula is C10H10N2O. The molecule has 0 aliphatic carbocycles. The van der Waals surface area contributed by atoms with E-state index in [1.807, 2.05) is 25.1 Å². The minimum atomic E-state index is 0.733. The lowest BCUT2D eigenvalue weighted by atomic mass is 10.1. The van der Waals surface area contributed by atoms with Crippen molar-refractivity contribution in [1.82, 2.24) is 4.98 Å². The summed E-state index contributed by atoms with van der Waals surface area (Å²) in [4.78, 5) is 3.86. The van der Waals surface area contributed by atoms with Crippen LogP contribution in [0.25, 0.3) is 11.3 Å². The maximum atomic E-state index is 5.67. The largest absolute Gasteiger partial charge is 0.444 e. The van der Waals surface area contributed by atoms with Gasteiger partial charge in [-0.3, -0.25) is 0 Å². The van der Waals surface area contributed by atoms with Crippen LogP contribution in [-0.4, -0.2) is 4.98 Å². The molecule has 0 aliphatic rings. The van der Waals surface area contributed by atoms with E-state index in [0.717, 1.165) is 22.6 Å². The molecule has 0 saturated heterocycles. The molecule has 13 heavy (non-hydrogen) atoms. The van der Waals surface area contributed by atoms with Gasteiger partial charge >= 0.3 is 0 Å². The van der Waals surface area contributed by atoms with Crippen LogP contribution < -0.4 is 5.73 Å². The van der Waals surface area contributed by atoms with Crippen molar-refractivity contribution < 1.29 is 4.42 Å². The minimum absolute atomic E-state index is 0.733. The van der Waals surface area contributed by atoms with Crippen molar-refractivity contribution in [3.63, 3.8) is 0 Å². The normalized spacial score (nSPS) is 10.2. The number of nitrogens with zero attached hydrogens (tertiary/aromatic N) is 1. The second-order valence-electron chi connectivity index (χ2n) is 2.94. The van der Waals surface area contributed by atoms with Crippen LogP contribution in [-0.2, 0) is 0 Å². The Bertz CT molecular complexity index is 407. The molecule has 2 rings (SSSR count). The van der Waals surface area contributed by atoms with E-state index >= 15 is 0 Å². The number of oxazole rings is 1. The monoisotopic (exact) mass is 174 g/mol. The van der Waals surface area contributed by atoms with Gasteiger partial charge in [-0.15, -0.1) is 0 Å². The van der Waals surface area contributed by atoms with Gasteiger partial charge in [0.15, 0.2) is 12.2 Å². The summed E-state index contributed by atoms with van der Waals surface area (Å²) in [6.07, 6.45) is 3.10. The summed E-state index contributed by atoms with van der Waals surface area (Å²) in [6.45, 7) is 2.01. The van der Waals surface area contributed by atoms with E-state index in [1.165, 1.54) is 6.39 Å². The van der Waals surface area contributed by atoms with E-state index in [1.54, 1.807) is 6.20 Å². The first-order chi connectivity index (χ1) is 6.27. The summed E-state index contributed by atoms with van der Waals surface area (Å²) in [6, 6.07) is 5.72. The number of aryl methyl sites for hydroxylation is 1. The molecule has 2 N–H and O–H groups in total. The fraction of sp³-hybridized carbons (Fsp3) is 0.100. The lowest BCUT2D eigenvalue weighted by Crippen LogP contribution is -1.87. The van der Waals surface area contributed by atoms with Crippen molar-refractivity contribution in [2.75, 3.05) is 5.73 Å². The van der Waals surface area contributed by atoms with Crippen LogP contribution in [0.2, 0.25) is 0 Å². The molecule has 3 nitrogen and oxygen atoms in total. The molecule has 0 fully saturated rings. The highest BCUT2D eigenvalue weighted by atomic mass is 16.3. The first-order valence-electron chi connectivity index (χ1n) is 4.02. The zero-order chi connectivity index (χ0) is 9.26. The van der Waals surface area contributed by atoms with Gasteiger partial charge in [-0.2, -0.15) is 0 Å². The Morgan fingerprint density at radius 1 is 1.38 bits per heavy atom. The summed E-state index contributed by atoms with van der Waals surface area (Å²) >= 11 is 0. The van der Waals surface area contributed by atoms with Crippen LogP contribution in [0, 0.1) is 6.92 Å². The number of hydrogen-bond acceptors (Lipinski definition) is 3.